The summed E-state index contributed by atoms with van der Waals surface area (Å²) in [6, 6.07) is -0.918. The van der Waals surface area contributed by atoms with Crippen LogP contribution in [0, 0.1) is 0 Å². The maximum Gasteiger partial charge on any atom is 0.325 e. The van der Waals surface area contributed by atoms with E-state index in [0.29, 0.717) is 13.0 Å². The Morgan fingerprint density at radius 1 is 1.37 bits per heavy atom. The molecule has 1 atom stereocenters. The van der Waals surface area contributed by atoms with Gasteiger partial charge < -0.3 is 15.3 Å². The number of nitrogens with zero attached hydrogens (tertiary/aromatic N) is 2. The van der Waals surface area contributed by atoms with E-state index in [2.05, 4.69) is 5.32 Å². The van der Waals surface area contributed by atoms with E-state index < -0.39 is 17.9 Å². The first kappa shape index (κ1) is 13.3. The number of imide groups is 1. The van der Waals surface area contributed by atoms with Gasteiger partial charge >= 0.3 is 12.0 Å². The molecule has 1 unspecified atom stereocenters. The quantitative estimate of drug-likeness (QED) is 0.637. The fourth-order valence-corrected chi connectivity index (χ4v) is 2.42. The number of aliphatic carboxylic acids is 1. The van der Waals surface area contributed by atoms with Crippen molar-refractivity contribution in [3.63, 3.8) is 0 Å². The summed E-state index contributed by atoms with van der Waals surface area (Å²) in [5.74, 6) is -1.78. The van der Waals surface area contributed by atoms with Crippen LogP contribution >= 0.6 is 0 Å². The Balaban J connectivity index is 1.97. The molecule has 0 radical (unpaired) electrons. The minimum absolute atomic E-state index is 0.0926. The van der Waals surface area contributed by atoms with Crippen molar-refractivity contribution in [2.75, 3.05) is 19.6 Å². The number of likely N-dealkylation sites (tertiary alicyclic amines) is 1. The summed E-state index contributed by atoms with van der Waals surface area (Å²) in [5.41, 5.74) is 0. The summed E-state index contributed by atoms with van der Waals surface area (Å²) in [7, 11) is 0. The summed E-state index contributed by atoms with van der Waals surface area (Å²) in [6.45, 7) is 0.0614. The Labute approximate surface area is 109 Å². The van der Waals surface area contributed by atoms with Gasteiger partial charge in [-0.3, -0.25) is 19.3 Å². The van der Waals surface area contributed by atoms with Crippen LogP contribution in [0.2, 0.25) is 0 Å². The SMILES string of the molecule is O=C(O)CC1CCCN1C(=O)CN1C(=O)CNC1=O. The Bertz CT molecular complexity index is 420. The minimum atomic E-state index is -0.959. The van der Waals surface area contributed by atoms with Gasteiger partial charge in [-0.05, 0) is 12.8 Å². The minimum Gasteiger partial charge on any atom is -0.481 e. The Kier molecular flexibility index (Phi) is 3.68. The topological polar surface area (TPSA) is 107 Å². The zero-order valence-corrected chi connectivity index (χ0v) is 10.3. The molecule has 2 aliphatic heterocycles. The Hall–Kier alpha value is -2.12. The Morgan fingerprint density at radius 3 is 2.68 bits per heavy atom. The van der Waals surface area contributed by atoms with E-state index in [1.165, 1.54) is 4.90 Å². The van der Waals surface area contributed by atoms with E-state index in [0.717, 1.165) is 11.3 Å². The zero-order chi connectivity index (χ0) is 14.0. The highest BCUT2D eigenvalue weighted by atomic mass is 16.4. The smallest absolute Gasteiger partial charge is 0.325 e. The molecule has 0 saturated carbocycles. The molecule has 19 heavy (non-hydrogen) atoms. The summed E-state index contributed by atoms with van der Waals surface area (Å²) in [5, 5.41) is 11.1. The molecule has 0 aromatic heterocycles. The van der Waals surface area contributed by atoms with Crippen LogP contribution in [0.5, 0.6) is 0 Å². The molecule has 2 heterocycles. The van der Waals surface area contributed by atoms with Gasteiger partial charge in [0.2, 0.25) is 5.91 Å². The number of carbonyl (C=O) groups is 4. The molecule has 2 N–H and O–H groups in total. The molecule has 8 nitrogen and oxygen atoms in total. The lowest BCUT2D eigenvalue weighted by Gasteiger charge is -2.25. The molecule has 0 bridgehead atoms. The van der Waals surface area contributed by atoms with E-state index in [4.69, 9.17) is 5.11 Å². The average Bonchev–Trinajstić information content (AvgIpc) is 2.90. The highest BCUT2D eigenvalue weighted by molar-refractivity contribution is 6.04. The van der Waals surface area contributed by atoms with Crippen LogP contribution in [-0.4, -0.2) is 64.4 Å². The lowest BCUT2D eigenvalue weighted by atomic mass is 10.1. The van der Waals surface area contributed by atoms with Gasteiger partial charge in [0.15, 0.2) is 0 Å². The van der Waals surface area contributed by atoms with Gasteiger partial charge in [-0.1, -0.05) is 0 Å². The number of carbonyl (C=O) groups excluding carboxylic acids is 3. The molecule has 0 aromatic rings. The number of nitrogens with one attached hydrogen (secondary N) is 1. The Morgan fingerprint density at radius 2 is 2.11 bits per heavy atom. The van der Waals surface area contributed by atoms with Crippen LogP contribution in [0.3, 0.4) is 0 Å². The van der Waals surface area contributed by atoms with Gasteiger partial charge in [-0.2, -0.15) is 0 Å². The molecule has 104 valence electrons. The van der Waals surface area contributed by atoms with Gasteiger partial charge in [0.05, 0.1) is 13.0 Å². The maximum absolute atomic E-state index is 12.0. The maximum atomic E-state index is 12.0. The van der Waals surface area contributed by atoms with Crippen molar-refractivity contribution in [2.24, 2.45) is 0 Å². The summed E-state index contributed by atoms with van der Waals surface area (Å²) in [6.07, 6.45) is 1.27. The number of hydrogen-bond acceptors (Lipinski definition) is 4. The molecule has 2 fully saturated rings. The van der Waals surface area contributed by atoms with Crippen LogP contribution in [0.1, 0.15) is 19.3 Å². The highest BCUT2D eigenvalue weighted by Gasteiger charge is 2.35. The third kappa shape index (κ3) is 2.83. The first-order valence-electron chi connectivity index (χ1n) is 6.08. The molecular formula is C11H15N3O5. The molecule has 0 spiro atoms. The normalized spacial score (nSPS) is 22.8. The lowest BCUT2D eigenvalue weighted by molar-refractivity contribution is -0.141. The van der Waals surface area contributed by atoms with Crippen molar-refractivity contribution in [3.05, 3.63) is 0 Å². The third-order valence-electron chi connectivity index (χ3n) is 3.34. The van der Waals surface area contributed by atoms with Crippen molar-refractivity contribution < 1.29 is 24.3 Å². The molecule has 4 amide bonds. The second-order valence-corrected chi connectivity index (χ2v) is 4.62. The van der Waals surface area contributed by atoms with Crippen LogP contribution in [0.15, 0.2) is 0 Å². The van der Waals surface area contributed by atoms with Crippen molar-refractivity contribution in [1.82, 2.24) is 15.1 Å². The fourth-order valence-electron chi connectivity index (χ4n) is 2.42. The second-order valence-electron chi connectivity index (χ2n) is 4.62. The summed E-state index contributed by atoms with van der Waals surface area (Å²) >= 11 is 0. The summed E-state index contributed by atoms with van der Waals surface area (Å²) < 4.78 is 0. The van der Waals surface area contributed by atoms with Gasteiger partial charge in [0.1, 0.15) is 6.54 Å². The van der Waals surface area contributed by atoms with E-state index in [-0.39, 0.29) is 31.5 Å². The standard InChI is InChI=1S/C11H15N3O5/c15-8-5-12-11(19)14(8)6-9(16)13-3-1-2-7(13)4-10(17)18/h7H,1-6H2,(H,12,19)(H,17,18). The van der Waals surface area contributed by atoms with E-state index in [1.807, 2.05) is 0 Å². The third-order valence-corrected chi connectivity index (χ3v) is 3.34. The van der Waals surface area contributed by atoms with E-state index >= 15 is 0 Å². The van der Waals surface area contributed by atoms with Gasteiger partial charge in [0.25, 0.3) is 5.91 Å². The highest BCUT2D eigenvalue weighted by Crippen LogP contribution is 2.20. The average molecular weight is 269 g/mol. The number of urea groups is 1. The van der Waals surface area contributed by atoms with Crippen LogP contribution in [0.25, 0.3) is 0 Å². The van der Waals surface area contributed by atoms with Crippen LogP contribution in [-0.2, 0) is 14.4 Å². The first-order valence-corrected chi connectivity index (χ1v) is 6.08. The molecule has 8 heteroatoms. The molecule has 2 rings (SSSR count). The van der Waals surface area contributed by atoms with Gasteiger partial charge in [-0.25, -0.2) is 4.79 Å². The van der Waals surface area contributed by atoms with Crippen molar-refractivity contribution >= 4 is 23.8 Å². The van der Waals surface area contributed by atoms with Crippen molar-refractivity contribution in [1.29, 1.82) is 0 Å². The second kappa shape index (κ2) is 5.25. The zero-order valence-electron chi connectivity index (χ0n) is 10.3. The van der Waals surface area contributed by atoms with E-state index in [1.54, 1.807) is 0 Å². The first-order chi connectivity index (χ1) is 8.99. The number of carboxylic acids is 1. The number of hydrogen-bond donors (Lipinski definition) is 2. The molecular weight excluding hydrogens is 254 g/mol. The summed E-state index contributed by atoms with van der Waals surface area (Å²) in [4.78, 5) is 47.8. The fraction of sp³-hybridized carbons (Fsp3) is 0.636. The van der Waals surface area contributed by atoms with Crippen molar-refractivity contribution in [2.45, 2.75) is 25.3 Å². The lowest BCUT2D eigenvalue weighted by Crippen LogP contribution is -2.45. The number of rotatable bonds is 4. The van der Waals surface area contributed by atoms with Gasteiger partial charge in [-0.15, -0.1) is 0 Å². The molecule has 0 aliphatic carbocycles. The van der Waals surface area contributed by atoms with Crippen LogP contribution in [0.4, 0.5) is 4.79 Å². The predicted octanol–water partition coefficient (Wildman–Crippen LogP) is -0.996. The monoisotopic (exact) mass is 269 g/mol. The molecule has 0 aromatic carbocycles. The predicted molar refractivity (Wildman–Crippen MR) is 62.1 cm³/mol. The van der Waals surface area contributed by atoms with Gasteiger partial charge in [0, 0.05) is 12.6 Å². The van der Waals surface area contributed by atoms with Crippen LogP contribution < -0.4 is 5.32 Å². The van der Waals surface area contributed by atoms with E-state index in [9.17, 15) is 19.2 Å². The molecule has 2 saturated heterocycles. The largest absolute Gasteiger partial charge is 0.481 e. The molecule has 2 aliphatic rings. The van der Waals surface area contributed by atoms with Crippen molar-refractivity contribution in [3.8, 4) is 0 Å². The number of amides is 4. The number of carboxylic acid groups (broad SMARTS) is 1.